The van der Waals surface area contributed by atoms with E-state index in [0.717, 1.165) is 77.7 Å². The minimum Gasteiger partial charge on any atom is -0.231 e. The summed E-state index contributed by atoms with van der Waals surface area (Å²) in [4.78, 5) is 14.9. The van der Waals surface area contributed by atoms with Gasteiger partial charge >= 0.3 is 0 Å². The lowest BCUT2D eigenvalue weighted by Crippen LogP contribution is -2.01. The van der Waals surface area contributed by atoms with Crippen LogP contribution in [0.3, 0.4) is 0 Å². The van der Waals surface area contributed by atoms with Gasteiger partial charge in [-0.05, 0) is 27.3 Å². The van der Waals surface area contributed by atoms with E-state index in [1.807, 2.05) is 60.7 Å². The van der Waals surface area contributed by atoms with Crippen molar-refractivity contribution in [1.29, 1.82) is 0 Å². The Hall–Kier alpha value is -8.02. The molecular formula is C54H35N5. The third-order valence-corrected chi connectivity index (χ3v) is 11.1. The second kappa shape index (κ2) is 14.5. The maximum atomic E-state index is 5.65. The molecule has 0 N–H and O–H groups in total. The molecule has 0 aliphatic rings. The summed E-state index contributed by atoms with van der Waals surface area (Å²) >= 11 is 0. The lowest BCUT2D eigenvalue weighted by atomic mass is 9.90. The van der Waals surface area contributed by atoms with Crippen molar-refractivity contribution in [1.82, 2.24) is 24.6 Å². The Labute approximate surface area is 341 Å². The number of aromatic nitrogens is 5. The first-order valence-corrected chi connectivity index (χ1v) is 19.8. The zero-order valence-corrected chi connectivity index (χ0v) is 31.9. The first kappa shape index (κ1) is 34.2. The predicted molar refractivity (Wildman–Crippen MR) is 242 cm³/mol. The van der Waals surface area contributed by atoms with Gasteiger partial charge in [0.1, 0.15) is 5.69 Å². The van der Waals surface area contributed by atoms with E-state index in [0.29, 0.717) is 17.5 Å². The maximum Gasteiger partial charge on any atom is 0.164 e. The molecule has 0 aliphatic heterocycles. The molecule has 11 rings (SSSR count). The minimum absolute atomic E-state index is 0.618. The first-order valence-electron chi connectivity index (χ1n) is 19.8. The van der Waals surface area contributed by atoms with Crippen LogP contribution >= 0.6 is 0 Å². The van der Waals surface area contributed by atoms with E-state index < -0.39 is 0 Å². The molecule has 5 heteroatoms. The van der Waals surface area contributed by atoms with Crippen LogP contribution in [0, 0.1) is 0 Å². The van der Waals surface area contributed by atoms with E-state index in [-0.39, 0.29) is 0 Å². The third-order valence-electron chi connectivity index (χ3n) is 11.1. The largest absolute Gasteiger partial charge is 0.231 e. The minimum atomic E-state index is 0.618. The summed E-state index contributed by atoms with van der Waals surface area (Å²) in [7, 11) is 0. The van der Waals surface area contributed by atoms with Gasteiger partial charge in [0, 0.05) is 44.3 Å². The molecule has 11 aromatic rings. The van der Waals surface area contributed by atoms with Gasteiger partial charge in [-0.2, -0.15) is 5.10 Å². The van der Waals surface area contributed by atoms with Crippen LogP contribution in [-0.4, -0.2) is 24.6 Å². The predicted octanol–water partition coefficient (Wildman–Crippen LogP) is 13.5. The van der Waals surface area contributed by atoms with Crippen LogP contribution < -0.4 is 0 Å². The summed E-state index contributed by atoms with van der Waals surface area (Å²) in [6, 6.07) is 74.0. The summed E-state index contributed by atoms with van der Waals surface area (Å²) in [6.45, 7) is 0. The molecule has 0 unspecified atom stereocenters. The maximum absolute atomic E-state index is 5.65. The number of hydrogen-bond acceptors (Lipinski definition) is 4. The van der Waals surface area contributed by atoms with E-state index >= 15 is 0 Å². The van der Waals surface area contributed by atoms with Gasteiger partial charge in [0.25, 0.3) is 0 Å². The van der Waals surface area contributed by atoms with Crippen molar-refractivity contribution in [3.63, 3.8) is 0 Å². The fraction of sp³-hybridized carbons (Fsp3) is 0. The van der Waals surface area contributed by atoms with Crippen LogP contribution in [0.2, 0.25) is 0 Å². The van der Waals surface area contributed by atoms with Gasteiger partial charge in [-0.15, -0.1) is 0 Å². The molecule has 5 nitrogen and oxygen atoms in total. The van der Waals surface area contributed by atoms with Gasteiger partial charge in [-0.3, -0.25) is 0 Å². The highest BCUT2D eigenvalue weighted by Crippen LogP contribution is 2.46. The Morgan fingerprint density at radius 1 is 0.305 bits per heavy atom. The fourth-order valence-electron chi connectivity index (χ4n) is 8.35. The average molecular weight is 754 g/mol. The van der Waals surface area contributed by atoms with Crippen LogP contribution in [0.1, 0.15) is 0 Å². The second-order valence-electron chi connectivity index (χ2n) is 14.6. The van der Waals surface area contributed by atoms with Crippen LogP contribution in [0.25, 0.3) is 106 Å². The highest BCUT2D eigenvalue weighted by molar-refractivity contribution is 6.16. The van der Waals surface area contributed by atoms with Crippen LogP contribution in [0.5, 0.6) is 0 Å². The molecule has 8 aromatic carbocycles. The number of hydrogen-bond donors (Lipinski definition) is 0. The summed E-state index contributed by atoms with van der Waals surface area (Å²) < 4.78 is 2.20. The van der Waals surface area contributed by atoms with Crippen molar-refractivity contribution in [3.05, 3.63) is 212 Å². The lowest BCUT2D eigenvalue weighted by molar-refractivity contribution is 0.981. The summed E-state index contributed by atoms with van der Waals surface area (Å²) in [5.41, 5.74) is 12.4. The molecule has 0 amide bonds. The highest BCUT2D eigenvalue weighted by Gasteiger charge is 2.26. The molecule has 0 fully saturated rings. The molecule has 0 aliphatic carbocycles. The third kappa shape index (κ3) is 6.04. The molecule has 0 saturated carbocycles. The monoisotopic (exact) mass is 753 g/mol. The molecule has 0 spiro atoms. The van der Waals surface area contributed by atoms with Gasteiger partial charge in [0.05, 0.1) is 11.2 Å². The zero-order chi connectivity index (χ0) is 39.1. The standard InChI is InChI=1S/C54H35N5/c1-5-19-37(20-6-1)48-49(45-31-17-27-36-18-13-14-28-43(36)45)58-59-50(39-21-7-2-8-22-39)47(44-29-15-16-30-46(44)51(48)59)38-32-34-42(35-33-38)54-56-52(40-23-9-3-10-24-40)55-53(57-54)41-25-11-4-12-26-41/h1-35H. The number of benzene rings is 8. The smallest absolute Gasteiger partial charge is 0.164 e. The molecular weight excluding hydrogens is 719 g/mol. The summed E-state index contributed by atoms with van der Waals surface area (Å²) in [5.74, 6) is 1.89. The number of nitrogens with zero attached hydrogens (tertiary/aromatic N) is 5. The first-order chi connectivity index (χ1) is 29.3. The fourth-order valence-corrected chi connectivity index (χ4v) is 8.35. The van der Waals surface area contributed by atoms with E-state index in [1.165, 1.54) is 10.8 Å². The molecule has 3 aromatic heterocycles. The molecule has 0 radical (unpaired) electrons. The SMILES string of the molecule is c1ccc(-c2nc(-c3ccccc3)nc(-c3ccc(-c4c(-c5ccccc5)n5nc(-c6cccc7ccccc67)c(-c6ccccc6)c5c5ccccc45)cc3)n2)cc1. The van der Waals surface area contributed by atoms with E-state index in [1.54, 1.807) is 0 Å². The molecule has 0 atom stereocenters. The average Bonchev–Trinajstić information content (AvgIpc) is 3.72. The normalized spacial score (nSPS) is 11.4. The van der Waals surface area contributed by atoms with Crippen LogP contribution in [-0.2, 0) is 0 Å². The summed E-state index contributed by atoms with van der Waals surface area (Å²) in [6.07, 6.45) is 0. The van der Waals surface area contributed by atoms with Crippen molar-refractivity contribution >= 4 is 27.1 Å². The van der Waals surface area contributed by atoms with E-state index in [9.17, 15) is 0 Å². The molecule has 0 bridgehead atoms. The Kier molecular flexibility index (Phi) is 8.41. The molecule has 59 heavy (non-hydrogen) atoms. The molecule has 0 saturated heterocycles. The van der Waals surface area contributed by atoms with Gasteiger partial charge in [-0.1, -0.05) is 212 Å². The Morgan fingerprint density at radius 3 is 1.32 bits per heavy atom. The summed E-state index contributed by atoms with van der Waals surface area (Å²) in [5, 5.41) is 10.3. The van der Waals surface area contributed by atoms with Crippen LogP contribution in [0.4, 0.5) is 0 Å². The molecule has 3 heterocycles. The van der Waals surface area contributed by atoms with Gasteiger partial charge < -0.3 is 0 Å². The van der Waals surface area contributed by atoms with Crippen LogP contribution in [0.15, 0.2) is 212 Å². The lowest BCUT2D eigenvalue weighted by Gasteiger charge is -2.18. The van der Waals surface area contributed by atoms with Crippen molar-refractivity contribution in [2.45, 2.75) is 0 Å². The second-order valence-corrected chi connectivity index (χ2v) is 14.6. The van der Waals surface area contributed by atoms with Gasteiger partial charge in [0.2, 0.25) is 0 Å². The van der Waals surface area contributed by atoms with E-state index in [4.69, 9.17) is 20.1 Å². The van der Waals surface area contributed by atoms with Gasteiger partial charge in [-0.25, -0.2) is 19.5 Å². The number of pyridine rings is 1. The zero-order valence-electron chi connectivity index (χ0n) is 31.9. The Morgan fingerprint density at radius 2 is 0.729 bits per heavy atom. The Bertz CT molecular complexity index is 3230. The van der Waals surface area contributed by atoms with Crippen molar-refractivity contribution in [2.75, 3.05) is 0 Å². The number of rotatable bonds is 7. The highest BCUT2D eigenvalue weighted by atomic mass is 15.2. The van der Waals surface area contributed by atoms with Gasteiger partial charge in [0.15, 0.2) is 17.5 Å². The quantitative estimate of drug-likeness (QED) is 0.163. The molecule has 276 valence electrons. The van der Waals surface area contributed by atoms with E-state index in [2.05, 4.69) is 156 Å². The van der Waals surface area contributed by atoms with Crippen molar-refractivity contribution < 1.29 is 0 Å². The topological polar surface area (TPSA) is 56.0 Å². The number of fused-ring (bicyclic) bond motifs is 4. The Balaban J connectivity index is 1.17. The van der Waals surface area contributed by atoms with Crippen molar-refractivity contribution in [2.24, 2.45) is 0 Å². The van der Waals surface area contributed by atoms with Crippen molar-refractivity contribution in [3.8, 4) is 78.9 Å².